The molecule has 1 fully saturated rings. The Labute approximate surface area is 127 Å². The minimum atomic E-state index is -0.954. The summed E-state index contributed by atoms with van der Waals surface area (Å²) in [7, 11) is 0. The lowest BCUT2D eigenvalue weighted by Gasteiger charge is -2.30. The lowest BCUT2D eigenvalue weighted by Crippen LogP contribution is -2.50. The van der Waals surface area contributed by atoms with Crippen LogP contribution in [-0.4, -0.2) is 29.2 Å². The number of rotatable bonds is 8. The molecule has 5 heteroatoms. The molecule has 0 aromatic heterocycles. The number of hydrogen-bond donors (Lipinski definition) is 3. The highest BCUT2D eigenvalue weighted by molar-refractivity contribution is 5.82. The van der Waals surface area contributed by atoms with Gasteiger partial charge in [-0.3, -0.25) is 0 Å². The summed E-state index contributed by atoms with van der Waals surface area (Å²) in [5, 5.41) is 14.7. The van der Waals surface area contributed by atoms with Crippen molar-refractivity contribution in [1.82, 2.24) is 10.6 Å². The average molecular weight is 298 g/mol. The Bertz CT molecular complexity index is 327. The highest BCUT2D eigenvalue weighted by atomic mass is 16.4. The van der Waals surface area contributed by atoms with Gasteiger partial charge in [0.1, 0.15) is 6.04 Å². The third-order valence-electron chi connectivity index (χ3n) is 4.42. The molecule has 3 N–H and O–H groups in total. The predicted octanol–water partition coefficient (Wildman–Crippen LogP) is 3.29. The Balaban J connectivity index is 2.46. The molecule has 0 bridgehead atoms. The molecule has 2 amide bonds. The normalized spacial score (nSPS) is 18.8. The monoisotopic (exact) mass is 298 g/mol. The van der Waals surface area contributed by atoms with Crippen LogP contribution in [0.4, 0.5) is 4.79 Å². The van der Waals surface area contributed by atoms with Crippen molar-refractivity contribution in [3.63, 3.8) is 0 Å². The van der Waals surface area contributed by atoms with Gasteiger partial charge in [-0.1, -0.05) is 46.0 Å². The van der Waals surface area contributed by atoms with Crippen molar-refractivity contribution in [2.45, 2.75) is 83.7 Å². The van der Waals surface area contributed by atoms with E-state index in [4.69, 9.17) is 5.11 Å². The van der Waals surface area contributed by atoms with Crippen LogP contribution in [0.1, 0.15) is 71.6 Å². The van der Waals surface area contributed by atoms with Gasteiger partial charge in [0.2, 0.25) is 0 Å². The van der Waals surface area contributed by atoms with Crippen molar-refractivity contribution in [3.05, 3.63) is 0 Å². The second-order valence-electron chi connectivity index (χ2n) is 6.06. The molecule has 0 aromatic rings. The molecule has 0 heterocycles. The molecule has 1 aliphatic rings. The number of hydrogen-bond acceptors (Lipinski definition) is 2. The summed E-state index contributed by atoms with van der Waals surface area (Å²) in [6, 6.07) is -0.962. The minimum Gasteiger partial charge on any atom is -0.480 e. The van der Waals surface area contributed by atoms with Crippen LogP contribution >= 0.6 is 0 Å². The van der Waals surface area contributed by atoms with E-state index in [-0.39, 0.29) is 12.1 Å². The van der Waals surface area contributed by atoms with Gasteiger partial charge in [0.05, 0.1) is 0 Å². The molecular weight excluding hydrogens is 268 g/mol. The van der Waals surface area contributed by atoms with E-state index in [0.717, 1.165) is 32.1 Å². The van der Waals surface area contributed by atoms with Crippen LogP contribution in [0, 0.1) is 5.92 Å². The van der Waals surface area contributed by atoms with E-state index in [1.807, 2.05) is 6.92 Å². The zero-order valence-corrected chi connectivity index (χ0v) is 13.4. The summed E-state index contributed by atoms with van der Waals surface area (Å²) in [5.74, 6) is -0.419. The molecule has 2 atom stereocenters. The van der Waals surface area contributed by atoms with Crippen LogP contribution in [0.3, 0.4) is 0 Å². The quantitative estimate of drug-likeness (QED) is 0.643. The fourth-order valence-corrected chi connectivity index (χ4v) is 3.12. The standard InChI is InChI=1S/C16H30N2O3/c1-3-5-11-14(15(19)20)18-16(21)17-13(4-2)12-9-7-6-8-10-12/h12-14H,3-11H2,1-2H3,(H,19,20)(H2,17,18,21). The molecule has 21 heavy (non-hydrogen) atoms. The summed E-state index contributed by atoms with van der Waals surface area (Å²) < 4.78 is 0. The Hall–Kier alpha value is -1.26. The van der Waals surface area contributed by atoms with Gasteiger partial charge < -0.3 is 15.7 Å². The zero-order chi connectivity index (χ0) is 15.7. The first-order valence-corrected chi connectivity index (χ1v) is 8.38. The Kier molecular flexibility index (Phi) is 8.16. The number of carbonyl (C=O) groups excluding carboxylic acids is 1. The summed E-state index contributed by atoms with van der Waals surface area (Å²) >= 11 is 0. The Morgan fingerprint density at radius 2 is 1.81 bits per heavy atom. The molecule has 0 radical (unpaired) electrons. The number of carboxylic acids is 1. The van der Waals surface area contributed by atoms with E-state index in [0.29, 0.717) is 12.3 Å². The number of unbranched alkanes of at least 4 members (excludes halogenated alkanes) is 1. The molecule has 1 rings (SSSR count). The predicted molar refractivity (Wildman–Crippen MR) is 83.3 cm³/mol. The third-order valence-corrected chi connectivity index (χ3v) is 4.42. The van der Waals surface area contributed by atoms with Gasteiger partial charge in [-0.05, 0) is 31.6 Å². The molecule has 0 aliphatic heterocycles. The van der Waals surface area contributed by atoms with Crippen LogP contribution < -0.4 is 10.6 Å². The summed E-state index contributed by atoms with van der Waals surface area (Å²) in [5.41, 5.74) is 0. The maximum Gasteiger partial charge on any atom is 0.326 e. The molecule has 0 aromatic carbocycles. The second kappa shape index (κ2) is 9.64. The fraction of sp³-hybridized carbons (Fsp3) is 0.875. The van der Waals surface area contributed by atoms with Crippen molar-refractivity contribution in [3.8, 4) is 0 Å². The van der Waals surface area contributed by atoms with E-state index in [1.54, 1.807) is 0 Å². The van der Waals surface area contributed by atoms with E-state index < -0.39 is 12.0 Å². The lowest BCUT2D eigenvalue weighted by molar-refractivity contribution is -0.139. The molecule has 1 saturated carbocycles. The number of carboxylic acid groups (broad SMARTS) is 1. The van der Waals surface area contributed by atoms with Crippen LogP contribution in [0.2, 0.25) is 0 Å². The molecule has 122 valence electrons. The van der Waals surface area contributed by atoms with Crippen LogP contribution in [0.5, 0.6) is 0 Å². The summed E-state index contributed by atoms with van der Waals surface area (Å²) in [4.78, 5) is 23.2. The van der Waals surface area contributed by atoms with Gasteiger partial charge in [0, 0.05) is 6.04 Å². The minimum absolute atomic E-state index is 0.158. The molecule has 5 nitrogen and oxygen atoms in total. The summed E-state index contributed by atoms with van der Waals surface area (Å²) in [6.45, 7) is 4.08. The first-order chi connectivity index (χ1) is 10.1. The molecule has 1 aliphatic carbocycles. The Morgan fingerprint density at radius 1 is 1.14 bits per heavy atom. The Morgan fingerprint density at radius 3 is 2.33 bits per heavy atom. The average Bonchev–Trinajstić information content (AvgIpc) is 2.49. The summed E-state index contributed by atoms with van der Waals surface area (Å²) in [6.07, 6.45) is 9.19. The van der Waals surface area contributed by atoms with Crippen LogP contribution in [-0.2, 0) is 4.79 Å². The molecular formula is C16H30N2O3. The van der Waals surface area contributed by atoms with Crippen LogP contribution in [0.25, 0.3) is 0 Å². The van der Waals surface area contributed by atoms with Gasteiger partial charge in [0.15, 0.2) is 0 Å². The topological polar surface area (TPSA) is 78.4 Å². The van der Waals surface area contributed by atoms with E-state index in [2.05, 4.69) is 17.6 Å². The maximum atomic E-state index is 12.0. The van der Waals surface area contributed by atoms with Gasteiger partial charge in [-0.2, -0.15) is 0 Å². The van der Waals surface area contributed by atoms with Crippen molar-refractivity contribution in [2.75, 3.05) is 0 Å². The van der Waals surface area contributed by atoms with Crippen molar-refractivity contribution < 1.29 is 14.7 Å². The first kappa shape index (κ1) is 17.8. The number of carbonyl (C=O) groups is 2. The number of nitrogens with one attached hydrogen (secondary N) is 2. The molecule has 0 saturated heterocycles. The van der Waals surface area contributed by atoms with Gasteiger partial charge in [0.25, 0.3) is 0 Å². The smallest absolute Gasteiger partial charge is 0.326 e. The SMILES string of the molecule is CCCCC(NC(=O)NC(CC)C1CCCCC1)C(=O)O. The van der Waals surface area contributed by atoms with Gasteiger partial charge >= 0.3 is 12.0 Å². The second-order valence-corrected chi connectivity index (χ2v) is 6.06. The number of aliphatic carboxylic acids is 1. The van der Waals surface area contributed by atoms with Crippen LogP contribution in [0.15, 0.2) is 0 Å². The highest BCUT2D eigenvalue weighted by Crippen LogP contribution is 2.27. The number of amides is 2. The van der Waals surface area contributed by atoms with E-state index >= 15 is 0 Å². The molecule has 0 spiro atoms. The number of urea groups is 1. The lowest BCUT2D eigenvalue weighted by atomic mass is 9.83. The van der Waals surface area contributed by atoms with E-state index in [9.17, 15) is 9.59 Å². The van der Waals surface area contributed by atoms with Crippen molar-refractivity contribution >= 4 is 12.0 Å². The first-order valence-electron chi connectivity index (χ1n) is 8.38. The fourth-order valence-electron chi connectivity index (χ4n) is 3.12. The maximum absolute atomic E-state index is 12.0. The van der Waals surface area contributed by atoms with Gasteiger partial charge in [-0.15, -0.1) is 0 Å². The third kappa shape index (κ3) is 6.36. The zero-order valence-electron chi connectivity index (χ0n) is 13.4. The van der Waals surface area contributed by atoms with E-state index in [1.165, 1.54) is 19.3 Å². The largest absolute Gasteiger partial charge is 0.480 e. The van der Waals surface area contributed by atoms with Crippen molar-refractivity contribution in [1.29, 1.82) is 0 Å². The van der Waals surface area contributed by atoms with Crippen molar-refractivity contribution in [2.24, 2.45) is 5.92 Å². The highest BCUT2D eigenvalue weighted by Gasteiger charge is 2.25. The molecule has 2 unspecified atom stereocenters. The van der Waals surface area contributed by atoms with Gasteiger partial charge in [-0.25, -0.2) is 9.59 Å².